The van der Waals surface area contributed by atoms with Gasteiger partial charge in [-0.15, -0.1) is 0 Å². The van der Waals surface area contributed by atoms with Gasteiger partial charge in [0.1, 0.15) is 5.82 Å². The maximum atomic E-state index is 12.7. The van der Waals surface area contributed by atoms with E-state index in [-0.39, 0.29) is 11.9 Å². The van der Waals surface area contributed by atoms with Crippen LogP contribution in [-0.4, -0.2) is 26.8 Å². The Labute approximate surface area is 121 Å². The number of carbonyl (C=O) groups is 1. The molecule has 2 bridgehead atoms. The first-order valence-corrected chi connectivity index (χ1v) is 7.85. The third-order valence-electron chi connectivity index (χ3n) is 4.31. The van der Waals surface area contributed by atoms with Gasteiger partial charge >= 0.3 is 0 Å². The van der Waals surface area contributed by atoms with Crippen LogP contribution in [0.15, 0.2) is 23.0 Å². The Kier molecular flexibility index (Phi) is 2.63. The van der Waals surface area contributed by atoms with Gasteiger partial charge in [0.05, 0.1) is 17.3 Å². The number of amides is 1. The molecule has 1 fully saturated rings. The molecule has 1 amide bonds. The van der Waals surface area contributed by atoms with E-state index in [1.165, 1.54) is 0 Å². The molecule has 2 atom stereocenters. The van der Waals surface area contributed by atoms with Crippen molar-refractivity contribution in [3.05, 3.63) is 45.7 Å². The highest BCUT2D eigenvalue weighted by Crippen LogP contribution is 2.43. The molecule has 4 heterocycles. The number of aryl methyl sites for hydroxylation is 1. The number of hydrogen-bond acceptors (Lipinski definition) is 4. The van der Waals surface area contributed by atoms with E-state index < -0.39 is 0 Å². The van der Waals surface area contributed by atoms with Crippen molar-refractivity contribution in [3.8, 4) is 0 Å². The minimum atomic E-state index is 0.157. The lowest BCUT2D eigenvalue weighted by atomic mass is 9.98. The van der Waals surface area contributed by atoms with Gasteiger partial charge in [-0.1, -0.05) is 0 Å². The van der Waals surface area contributed by atoms with Gasteiger partial charge in [-0.2, -0.15) is 11.3 Å². The standard InChI is InChI=1S/C15H15N3OS/c1-9-16-7-12-13(17-9)6-11-2-3-14(12)18(11)15(19)10-4-5-20-8-10/h4-5,7-8,11,14H,2-3,6H2,1H3. The van der Waals surface area contributed by atoms with Gasteiger partial charge in [-0.05, 0) is 31.2 Å². The summed E-state index contributed by atoms with van der Waals surface area (Å²) in [5, 5.41) is 3.89. The first-order valence-electron chi connectivity index (χ1n) is 6.91. The quantitative estimate of drug-likeness (QED) is 0.809. The van der Waals surface area contributed by atoms with Crippen molar-refractivity contribution in [2.75, 3.05) is 0 Å². The minimum Gasteiger partial charge on any atom is -0.328 e. The predicted molar refractivity (Wildman–Crippen MR) is 76.7 cm³/mol. The number of fused-ring (bicyclic) bond motifs is 4. The molecule has 20 heavy (non-hydrogen) atoms. The van der Waals surface area contributed by atoms with Gasteiger partial charge in [-0.3, -0.25) is 4.79 Å². The first-order chi connectivity index (χ1) is 9.74. The minimum absolute atomic E-state index is 0.157. The summed E-state index contributed by atoms with van der Waals surface area (Å²) in [6.07, 6.45) is 4.87. The Hall–Kier alpha value is -1.75. The van der Waals surface area contributed by atoms with Crippen molar-refractivity contribution in [2.45, 2.75) is 38.3 Å². The van der Waals surface area contributed by atoms with Crippen LogP contribution in [0.25, 0.3) is 0 Å². The average molecular weight is 285 g/mol. The molecule has 0 spiro atoms. The number of nitrogens with zero attached hydrogens (tertiary/aromatic N) is 3. The zero-order valence-corrected chi connectivity index (χ0v) is 12.1. The van der Waals surface area contributed by atoms with Crippen molar-refractivity contribution in [1.82, 2.24) is 14.9 Å². The Morgan fingerprint density at radius 1 is 1.45 bits per heavy atom. The van der Waals surface area contributed by atoms with Gasteiger partial charge < -0.3 is 4.90 Å². The van der Waals surface area contributed by atoms with Crippen molar-refractivity contribution in [1.29, 1.82) is 0 Å². The van der Waals surface area contributed by atoms with E-state index in [2.05, 4.69) is 14.9 Å². The summed E-state index contributed by atoms with van der Waals surface area (Å²) in [7, 11) is 0. The molecule has 1 saturated heterocycles. The smallest absolute Gasteiger partial charge is 0.255 e. The average Bonchev–Trinajstić information content (AvgIpc) is 3.06. The normalized spacial score (nSPS) is 23.8. The lowest BCUT2D eigenvalue weighted by Crippen LogP contribution is -2.42. The van der Waals surface area contributed by atoms with Crippen LogP contribution >= 0.6 is 11.3 Å². The number of hydrogen-bond donors (Lipinski definition) is 0. The van der Waals surface area contributed by atoms with Crippen molar-refractivity contribution in [2.24, 2.45) is 0 Å². The molecule has 2 aromatic rings. The summed E-state index contributed by atoms with van der Waals surface area (Å²) >= 11 is 1.57. The Balaban J connectivity index is 1.74. The van der Waals surface area contributed by atoms with Crippen LogP contribution in [0, 0.1) is 6.92 Å². The lowest BCUT2D eigenvalue weighted by Gasteiger charge is -2.35. The van der Waals surface area contributed by atoms with E-state index in [1.807, 2.05) is 29.9 Å². The molecular formula is C15H15N3OS. The summed E-state index contributed by atoms with van der Waals surface area (Å²) in [4.78, 5) is 23.6. The van der Waals surface area contributed by atoms with Gasteiger partial charge in [0.15, 0.2) is 0 Å². The molecule has 2 aliphatic heterocycles. The predicted octanol–water partition coefficient (Wildman–Crippen LogP) is 2.75. The van der Waals surface area contributed by atoms with Crippen LogP contribution in [0.4, 0.5) is 0 Å². The molecule has 0 radical (unpaired) electrons. The number of aromatic nitrogens is 2. The van der Waals surface area contributed by atoms with E-state index in [4.69, 9.17) is 0 Å². The zero-order valence-electron chi connectivity index (χ0n) is 11.2. The SMILES string of the molecule is Cc1ncc2c(n1)CC1CCC2N1C(=O)c1ccsc1. The van der Waals surface area contributed by atoms with Gasteiger partial charge in [0.25, 0.3) is 5.91 Å². The van der Waals surface area contributed by atoms with Crippen LogP contribution in [0.2, 0.25) is 0 Å². The van der Waals surface area contributed by atoms with Crippen LogP contribution in [0.1, 0.15) is 46.3 Å². The highest BCUT2D eigenvalue weighted by atomic mass is 32.1. The highest BCUT2D eigenvalue weighted by molar-refractivity contribution is 7.08. The summed E-state index contributed by atoms with van der Waals surface area (Å²) < 4.78 is 0. The second-order valence-corrected chi connectivity index (χ2v) is 6.27. The summed E-state index contributed by atoms with van der Waals surface area (Å²) in [6, 6.07) is 2.37. The molecule has 2 aromatic heterocycles. The molecule has 4 nitrogen and oxygen atoms in total. The van der Waals surface area contributed by atoms with E-state index in [0.29, 0.717) is 6.04 Å². The van der Waals surface area contributed by atoms with Crippen molar-refractivity contribution >= 4 is 17.2 Å². The fraction of sp³-hybridized carbons (Fsp3) is 0.400. The van der Waals surface area contributed by atoms with E-state index in [9.17, 15) is 4.79 Å². The third-order valence-corrected chi connectivity index (χ3v) is 5.00. The zero-order chi connectivity index (χ0) is 13.7. The molecular weight excluding hydrogens is 270 g/mol. The lowest BCUT2D eigenvalue weighted by molar-refractivity contribution is 0.0644. The molecule has 102 valence electrons. The largest absolute Gasteiger partial charge is 0.328 e. The molecule has 5 heteroatoms. The third kappa shape index (κ3) is 1.69. The van der Waals surface area contributed by atoms with Gasteiger partial charge in [0.2, 0.25) is 0 Å². The maximum absolute atomic E-state index is 12.7. The molecule has 2 unspecified atom stereocenters. The monoisotopic (exact) mass is 285 g/mol. The second kappa shape index (κ2) is 4.38. The second-order valence-electron chi connectivity index (χ2n) is 5.49. The molecule has 2 aliphatic rings. The van der Waals surface area contributed by atoms with Gasteiger partial charge in [-0.25, -0.2) is 9.97 Å². The Morgan fingerprint density at radius 3 is 3.15 bits per heavy atom. The van der Waals surface area contributed by atoms with Crippen molar-refractivity contribution < 1.29 is 4.79 Å². The van der Waals surface area contributed by atoms with Gasteiger partial charge in [0, 0.05) is 29.6 Å². The van der Waals surface area contributed by atoms with E-state index in [0.717, 1.165) is 41.9 Å². The summed E-state index contributed by atoms with van der Waals surface area (Å²) in [6.45, 7) is 1.92. The van der Waals surface area contributed by atoms with E-state index >= 15 is 0 Å². The molecule has 4 rings (SSSR count). The van der Waals surface area contributed by atoms with Crippen molar-refractivity contribution in [3.63, 3.8) is 0 Å². The molecule has 0 N–H and O–H groups in total. The van der Waals surface area contributed by atoms with Crippen LogP contribution < -0.4 is 0 Å². The Bertz CT molecular complexity index is 668. The number of thiophene rings is 1. The Morgan fingerprint density at radius 2 is 2.35 bits per heavy atom. The number of rotatable bonds is 1. The fourth-order valence-corrected chi connectivity index (χ4v) is 4.05. The van der Waals surface area contributed by atoms with Crippen LogP contribution in [0.3, 0.4) is 0 Å². The topological polar surface area (TPSA) is 46.1 Å². The maximum Gasteiger partial charge on any atom is 0.255 e. The van der Waals surface area contributed by atoms with Crippen LogP contribution in [-0.2, 0) is 6.42 Å². The molecule has 0 aromatic carbocycles. The fourth-order valence-electron chi connectivity index (χ4n) is 3.42. The molecule has 0 aliphatic carbocycles. The first kappa shape index (κ1) is 12.0. The summed E-state index contributed by atoms with van der Waals surface area (Å²) in [5.41, 5.74) is 3.09. The summed E-state index contributed by atoms with van der Waals surface area (Å²) in [5.74, 6) is 0.978. The molecule has 0 saturated carbocycles. The van der Waals surface area contributed by atoms with E-state index in [1.54, 1.807) is 11.3 Å². The highest BCUT2D eigenvalue weighted by Gasteiger charge is 2.43. The van der Waals surface area contributed by atoms with Crippen LogP contribution in [0.5, 0.6) is 0 Å². The number of carbonyl (C=O) groups excluding carboxylic acids is 1.